The summed E-state index contributed by atoms with van der Waals surface area (Å²) in [5, 5.41) is 13.4. The first kappa shape index (κ1) is 17.0. The van der Waals surface area contributed by atoms with E-state index in [4.69, 9.17) is 0 Å². The molecule has 0 radical (unpaired) electrons. The number of phenolic OH excluding ortho intramolecular Hbond substituents is 1. The molecule has 3 aromatic rings. The predicted octanol–water partition coefficient (Wildman–Crippen LogP) is 2.54. The summed E-state index contributed by atoms with van der Waals surface area (Å²) in [6.07, 6.45) is 0. The lowest BCUT2D eigenvalue weighted by atomic mass is 9.97. The molecule has 0 bridgehead atoms. The van der Waals surface area contributed by atoms with Crippen LogP contribution in [0.3, 0.4) is 0 Å². The SMILES string of the molecule is Cc1ccc(S(=O)(=O)Nc2c3c(c4ccccc4c2O)C(=O)NC3=O)cc1. The lowest BCUT2D eigenvalue weighted by Gasteiger charge is -2.15. The highest BCUT2D eigenvalue weighted by Crippen LogP contribution is 2.42. The van der Waals surface area contributed by atoms with Crippen molar-refractivity contribution in [3.63, 3.8) is 0 Å². The highest BCUT2D eigenvalue weighted by Gasteiger charge is 2.35. The first-order valence-corrected chi connectivity index (χ1v) is 9.51. The zero-order valence-electron chi connectivity index (χ0n) is 14.1. The number of hydrogen-bond donors (Lipinski definition) is 3. The number of carbonyl (C=O) groups is 2. The topological polar surface area (TPSA) is 113 Å². The molecule has 0 spiro atoms. The van der Waals surface area contributed by atoms with Crippen LogP contribution in [0, 0.1) is 6.92 Å². The molecule has 0 aliphatic carbocycles. The van der Waals surface area contributed by atoms with E-state index in [1.165, 1.54) is 12.1 Å². The van der Waals surface area contributed by atoms with E-state index in [2.05, 4.69) is 10.0 Å². The third kappa shape index (κ3) is 2.61. The fourth-order valence-electron chi connectivity index (χ4n) is 3.12. The van der Waals surface area contributed by atoms with E-state index >= 15 is 0 Å². The van der Waals surface area contributed by atoms with Crippen molar-refractivity contribution in [1.29, 1.82) is 0 Å². The van der Waals surface area contributed by atoms with Gasteiger partial charge in [-0.2, -0.15) is 0 Å². The van der Waals surface area contributed by atoms with Gasteiger partial charge in [0.1, 0.15) is 11.4 Å². The molecular weight excluding hydrogens is 368 g/mol. The standard InChI is InChI=1S/C19H14N2O5S/c1-10-6-8-11(9-7-10)27(25,26)21-16-15-14(18(23)20-19(15)24)12-4-2-3-5-13(12)17(16)22/h2-9,21-22H,1H3,(H,20,23,24). The molecule has 27 heavy (non-hydrogen) atoms. The summed E-state index contributed by atoms with van der Waals surface area (Å²) in [6.45, 7) is 1.82. The van der Waals surface area contributed by atoms with E-state index < -0.39 is 27.6 Å². The minimum atomic E-state index is -4.09. The molecule has 1 aliphatic rings. The van der Waals surface area contributed by atoms with Gasteiger partial charge in [0.15, 0.2) is 0 Å². The number of benzene rings is 3. The number of hydrogen-bond acceptors (Lipinski definition) is 5. The summed E-state index contributed by atoms with van der Waals surface area (Å²) >= 11 is 0. The van der Waals surface area contributed by atoms with Gasteiger partial charge in [-0.05, 0) is 24.4 Å². The number of anilines is 1. The Morgan fingerprint density at radius 2 is 1.48 bits per heavy atom. The maximum absolute atomic E-state index is 12.8. The molecule has 0 unspecified atom stereocenters. The number of phenols is 1. The van der Waals surface area contributed by atoms with Gasteiger partial charge in [0.25, 0.3) is 21.8 Å². The lowest BCUT2D eigenvalue weighted by Crippen LogP contribution is -2.21. The number of rotatable bonds is 3. The number of carbonyl (C=O) groups excluding carboxylic acids is 2. The number of sulfonamides is 1. The summed E-state index contributed by atoms with van der Waals surface area (Å²) < 4.78 is 27.8. The summed E-state index contributed by atoms with van der Waals surface area (Å²) in [5.74, 6) is -1.82. The van der Waals surface area contributed by atoms with Gasteiger partial charge >= 0.3 is 0 Å². The van der Waals surface area contributed by atoms with Crippen LogP contribution in [0.5, 0.6) is 5.75 Å². The predicted molar refractivity (Wildman–Crippen MR) is 99.4 cm³/mol. The van der Waals surface area contributed by atoms with E-state index in [0.717, 1.165) is 5.56 Å². The maximum atomic E-state index is 12.8. The number of amides is 2. The smallest absolute Gasteiger partial charge is 0.262 e. The Balaban J connectivity index is 1.96. The second kappa shape index (κ2) is 5.82. The quantitative estimate of drug-likeness (QED) is 0.476. The van der Waals surface area contributed by atoms with E-state index in [9.17, 15) is 23.1 Å². The molecule has 8 heteroatoms. The Morgan fingerprint density at radius 1 is 0.889 bits per heavy atom. The zero-order valence-corrected chi connectivity index (χ0v) is 14.9. The molecule has 3 aromatic carbocycles. The summed E-state index contributed by atoms with van der Waals surface area (Å²) in [7, 11) is -4.09. The van der Waals surface area contributed by atoms with Crippen LogP contribution in [0.1, 0.15) is 26.3 Å². The van der Waals surface area contributed by atoms with Gasteiger partial charge in [-0.25, -0.2) is 8.42 Å². The highest BCUT2D eigenvalue weighted by molar-refractivity contribution is 7.92. The molecule has 136 valence electrons. The summed E-state index contributed by atoms with van der Waals surface area (Å²) in [6, 6.07) is 12.5. The minimum Gasteiger partial charge on any atom is -0.505 e. The van der Waals surface area contributed by atoms with Crippen LogP contribution >= 0.6 is 0 Å². The molecule has 1 aliphatic heterocycles. The second-order valence-corrected chi connectivity index (χ2v) is 7.90. The number of imide groups is 1. The molecular formula is C19H14N2O5S. The molecule has 3 N–H and O–H groups in total. The normalized spacial score (nSPS) is 13.5. The third-order valence-electron chi connectivity index (χ3n) is 4.44. The van der Waals surface area contributed by atoms with Crippen molar-refractivity contribution in [2.24, 2.45) is 0 Å². The number of aromatic hydroxyl groups is 1. The molecule has 2 amide bonds. The minimum absolute atomic E-state index is 0.0286. The Hall–Kier alpha value is -3.39. The number of aryl methyl sites for hydroxylation is 1. The van der Waals surface area contributed by atoms with E-state index in [1.54, 1.807) is 36.4 Å². The molecule has 4 rings (SSSR count). The Kier molecular flexibility index (Phi) is 3.67. The molecule has 0 saturated carbocycles. The number of fused-ring (bicyclic) bond motifs is 3. The second-order valence-electron chi connectivity index (χ2n) is 6.22. The van der Waals surface area contributed by atoms with Crippen LogP contribution in [-0.4, -0.2) is 25.3 Å². The van der Waals surface area contributed by atoms with Crippen LogP contribution in [0.25, 0.3) is 10.8 Å². The third-order valence-corrected chi connectivity index (χ3v) is 5.80. The fourth-order valence-corrected chi connectivity index (χ4v) is 4.20. The van der Waals surface area contributed by atoms with Crippen molar-refractivity contribution in [2.75, 3.05) is 4.72 Å². The molecule has 7 nitrogen and oxygen atoms in total. The van der Waals surface area contributed by atoms with Crippen LogP contribution < -0.4 is 10.0 Å². The van der Waals surface area contributed by atoms with Crippen LogP contribution in [-0.2, 0) is 10.0 Å². The van der Waals surface area contributed by atoms with E-state index in [1.807, 2.05) is 6.92 Å². The Labute approximate surface area is 154 Å². The van der Waals surface area contributed by atoms with Gasteiger partial charge in [-0.1, -0.05) is 42.0 Å². The molecule has 0 aromatic heterocycles. The van der Waals surface area contributed by atoms with Crippen molar-refractivity contribution in [3.8, 4) is 5.75 Å². The first-order chi connectivity index (χ1) is 12.8. The van der Waals surface area contributed by atoms with Gasteiger partial charge < -0.3 is 5.11 Å². The zero-order chi connectivity index (χ0) is 19.3. The van der Waals surface area contributed by atoms with Gasteiger partial charge in [0, 0.05) is 5.39 Å². The van der Waals surface area contributed by atoms with Crippen molar-refractivity contribution in [2.45, 2.75) is 11.8 Å². The van der Waals surface area contributed by atoms with Crippen molar-refractivity contribution in [1.82, 2.24) is 5.32 Å². The largest absolute Gasteiger partial charge is 0.505 e. The molecule has 1 heterocycles. The molecule has 0 atom stereocenters. The van der Waals surface area contributed by atoms with Gasteiger partial charge in [0.2, 0.25) is 0 Å². The fraction of sp³-hybridized carbons (Fsp3) is 0.0526. The molecule has 0 fully saturated rings. The van der Waals surface area contributed by atoms with Crippen molar-refractivity contribution < 1.29 is 23.1 Å². The van der Waals surface area contributed by atoms with E-state index in [-0.39, 0.29) is 27.1 Å². The lowest BCUT2D eigenvalue weighted by molar-refractivity contribution is 0.0880. The summed E-state index contributed by atoms with van der Waals surface area (Å²) in [4.78, 5) is 24.5. The van der Waals surface area contributed by atoms with Crippen molar-refractivity contribution in [3.05, 3.63) is 65.2 Å². The van der Waals surface area contributed by atoms with Gasteiger partial charge in [-0.3, -0.25) is 19.6 Å². The average molecular weight is 382 g/mol. The van der Waals surface area contributed by atoms with Crippen LogP contribution in [0.2, 0.25) is 0 Å². The van der Waals surface area contributed by atoms with Crippen molar-refractivity contribution >= 4 is 38.3 Å². The highest BCUT2D eigenvalue weighted by atomic mass is 32.2. The van der Waals surface area contributed by atoms with E-state index in [0.29, 0.717) is 5.39 Å². The van der Waals surface area contributed by atoms with Crippen LogP contribution in [0.4, 0.5) is 5.69 Å². The monoisotopic (exact) mass is 382 g/mol. The van der Waals surface area contributed by atoms with Gasteiger partial charge in [-0.15, -0.1) is 0 Å². The van der Waals surface area contributed by atoms with Gasteiger partial charge in [0.05, 0.1) is 16.0 Å². The first-order valence-electron chi connectivity index (χ1n) is 8.02. The van der Waals surface area contributed by atoms with Crippen LogP contribution in [0.15, 0.2) is 53.4 Å². The summed E-state index contributed by atoms with van der Waals surface area (Å²) in [5.41, 5.74) is 0.419. The molecule has 0 saturated heterocycles. The Morgan fingerprint density at radius 3 is 2.15 bits per heavy atom. The average Bonchev–Trinajstić information content (AvgIpc) is 2.93. The number of nitrogens with one attached hydrogen (secondary N) is 2. The maximum Gasteiger partial charge on any atom is 0.262 e. The Bertz CT molecular complexity index is 1230.